The highest BCUT2D eigenvalue weighted by atomic mass is 16.5. The molecule has 0 saturated carbocycles. The van der Waals surface area contributed by atoms with E-state index in [0.29, 0.717) is 13.0 Å². The minimum Gasteiger partial charge on any atom is -0.497 e. The van der Waals surface area contributed by atoms with Crippen LogP contribution in [0.25, 0.3) is 0 Å². The quantitative estimate of drug-likeness (QED) is 0.929. The Bertz CT molecular complexity index is 756. The molecule has 0 aliphatic carbocycles. The zero-order valence-electron chi connectivity index (χ0n) is 13.7. The van der Waals surface area contributed by atoms with E-state index in [1.54, 1.807) is 7.11 Å². The number of carbonyl (C=O) groups is 1. The molecule has 0 saturated heterocycles. The van der Waals surface area contributed by atoms with Crippen molar-refractivity contribution in [3.05, 3.63) is 42.0 Å². The summed E-state index contributed by atoms with van der Waals surface area (Å²) in [6, 6.07) is 5.93. The molecule has 2 aliphatic heterocycles. The fourth-order valence-corrected chi connectivity index (χ4v) is 3.45. The van der Waals surface area contributed by atoms with Crippen molar-refractivity contribution in [1.29, 1.82) is 0 Å². The molecule has 1 aromatic heterocycles. The number of methoxy groups -OCH3 is 1. The van der Waals surface area contributed by atoms with Crippen molar-refractivity contribution in [3.63, 3.8) is 0 Å². The lowest BCUT2D eigenvalue weighted by atomic mass is 9.95. The Morgan fingerprint density at radius 3 is 3.25 bits per heavy atom. The van der Waals surface area contributed by atoms with E-state index >= 15 is 0 Å². The summed E-state index contributed by atoms with van der Waals surface area (Å²) in [6.07, 6.45) is 6.33. The van der Waals surface area contributed by atoms with E-state index in [1.807, 2.05) is 30.6 Å². The van der Waals surface area contributed by atoms with Crippen molar-refractivity contribution in [2.45, 2.75) is 31.8 Å². The maximum Gasteiger partial charge on any atom is 0.227 e. The molecule has 4 rings (SSSR count). The van der Waals surface area contributed by atoms with Crippen molar-refractivity contribution in [3.8, 4) is 11.5 Å². The number of fused-ring (bicyclic) bond motifs is 2. The van der Waals surface area contributed by atoms with Crippen LogP contribution in [0.2, 0.25) is 0 Å². The zero-order valence-corrected chi connectivity index (χ0v) is 13.7. The Morgan fingerprint density at radius 2 is 2.38 bits per heavy atom. The molecular weight excluding hydrogens is 306 g/mol. The third-order valence-corrected chi connectivity index (χ3v) is 4.83. The first kappa shape index (κ1) is 15.1. The molecule has 1 N–H and O–H groups in total. The normalized spacial score (nSPS) is 22.0. The number of aryl methyl sites for hydroxylation is 1. The van der Waals surface area contributed by atoms with E-state index in [4.69, 9.17) is 9.47 Å². The molecule has 2 atom stereocenters. The first-order valence-electron chi connectivity index (χ1n) is 8.33. The summed E-state index contributed by atoms with van der Waals surface area (Å²) < 4.78 is 13.1. The second kappa shape index (κ2) is 6.19. The summed E-state index contributed by atoms with van der Waals surface area (Å²) in [5, 5.41) is 3.18. The summed E-state index contributed by atoms with van der Waals surface area (Å²) in [5.74, 6) is 2.62. The molecular formula is C18H21N3O3. The fourth-order valence-electron chi connectivity index (χ4n) is 3.45. The van der Waals surface area contributed by atoms with Gasteiger partial charge in [0.05, 0.1) is 13.0 Å². The number of nitrogens with zero attached hydrogens (tertiary/aromatic N) is 2. The summed E-state index contributed by atoms with van der Waals surface area (Å²) in [4.78, 5) is 16.9. The van der Waals surface area contributed by atoms with Crippen LogP contribution >= 0.6 is 0 Å². The van der Waals surface area contributed by atoms with Gasteiger partial charge in [0.25, 0.3) is 0 Å². The number of hydrogen-bond acceptors (Lipinski definition) is 4. The van der Waals surface area contributed by atoms with Crippen LogP contribution in [0.3, 0.4) is 0 Å². The van der Waals surface area contributed by atoms with Gasteiger partial charge in [-0.2, -0.15) is 0 Å². The molecule has 2 aromatic rings. The predicted molar refractivity (Wildman–Crippen MR) is 88.2 cm³/mol. The molecule has 1 aromatic carbocycles. The Balaban J connectivity index is 1.39. The fraction of sp³-hybridized carbons (Fsp3) is 0.444. The first-order chi connectivity index (χ1) is 11.7. The molecule has 0 radical (unpaired) electrons. The van der Waals surface area contributed by atoms with Crippen LogP contribution in [-0.4, -0.2) is 35.2 Å². The lowest BCUT2D eigenvalue weighted by Crippen LogP contribution is -2.46. The first-order valence-corrected chi connectivity index (χ1v) is 8.33. The van der Waals surface area contributed by atoms with Crippen LogP contribution < -0.4 is 14.8 Å². The molecule has 0 bridgehead atoms. The number of hydrogen-bond donors (Lipinski definition) is 1. The average molecular weight is 327 g/mol. The maximum atomic E-state index is 12.6. The molecule has 2 aliphatic rings. The van der Waals surface area contributed by atoms with Gasteiger partial charge in [0.1, 0.15) is 23.9 Å². The smallest absolute Gasteiger partial charge is 0.227 e. The Hall–Kier alpha value is -2.50. The Labute approximate surface area is 140 Å². The highest BCUT2D eigenvalue weighted by Crippen LogP contribution is 2.31. The number of imidazole rings is 1. The third kappa shape index (κ3) is 2.84. The maximum absolute atomic E-state index is 12.6. The largest absolute Gasteiger partial charge is 0.497 e. The molecule has 0 unspecified atom stereocenters. The van der Waals surface area contributed by atoms with Crippen LogP contribution in [0.1, 0.15) is 17.8 Å². The minimum atomic E-state index is -0.143. The number of carbonyl (C=O) groups excluding carboxylic acids is 1. The van der Waals surface area contributed by atoms with Gasteiger partial charge in [-0.15, -0.1) is 0 Å². The second-order valence-electron chi connectivity index (χ2n) is 6.43. The lowest BCUT2D eigenvalue weighted by Gasteiger charge is -2.29. The average Bonchev–Trinajstić information content (AvgIpc) is 3.08. The van der Waals surface area contributed by atoms with Crippen LogP contribution in [0.15, 0.2) is 30.6 Å². The third-order valence-electron chi connectivity index (χ3n) is 4.83. The standard InChI is InChI=1S/C18H21N3O3/c1-23-15-4-2-12-8-13(11-24-16(12)9-15)18(22)20-14-3-5-17-19-6-7-21(17)10-14/h2,4,6-7,9,13-14H,3,5,8,10-11H2,1H3,(H,20,22)/t13-,14-/m0/s1. The van der Waals surface area contributed by atoms with Crippen LogP contribution in [0, 0.1) is 5.92 Å². The topological polar surface area (TPSA) is 65.4 Å². The van der Waals surface area contributed by atoms with Crippen molar-refractivity contribution < 1.29 is 14.3 Å². The minimum absolute atomic E-state index is 0.0741. The summed E-state index contributed by atoms with van der Waals surface area (Å²) in [5.41, 5.74) is 1.06. The Kier molecular flexibility index (Phi) is 3.88. The van der Waals surface area contributed by atoms with Crippen molar-refractivity contribution >= 4 is 5.91 Å². The van der Waals surface area contributed by atoms with Crippen molar-refractivity contribution in [2.24, 2.45) is 5.92 Å². The molecule has 0 fully saturated rings. The highest BCUT2D eigenvalue weighted by molar-refractivity contribution is 5.80. The molecule has 126 valence electrons. The highest BCUT2D eigenvalue weighted by Gasteiger charge is 2.29. The van der Waals surface area contributed by atoms with Crippen molar-refractivity contribution in [2.75, 3.05) is 13.7 Å². The van der Waals surface area contributed by atoms with E-state index in [2.05, 4.69) is 14.9 Å². The van der Waals surface area contributed by atoms with Gasteiger partial charge >= 0.3 is 0 Å². The molecule has 6 nitrogen and oxygen atoms in total. The Morgan fingerprint density at radius 1 is 1.46 bits per heavy atom. The monoisotopic (exact) mass is 327 g/mol. The SMILES string of the molecule is COc1ccc2c(c1)OC[C@@H](C(=O)N[C@H]1CCc3nccn3C1)C2. The number of nitrogens with one attached hydrogen (secondary N) is 1. The van der Waals surface area contributed by atoms with Gasteiger partial charge in [-0.25, -0.2) is 4.98 Å². The van der Waals surface area contributed by atoms with Gasteiger partial charge < -0.3 is 19.4 Å². The summed E-state index contributed by atoms with van der Waals surface area (Å²) in [7, 11) is 1.64. The van der Waals surface area contributed by atoms with Crippen LogP contribution in [0.4, 0.5) is 0 Å². The van der Waals surface area contributed by atoms with Gasteiger partial charge in [-0.1, -0.05) is 6.07 Å². The van der Waals surface area contributed by atoms with E-state index in [0.717, 1.165) is 42.3 Å². The van der Waals surface area contributed by atoms with Gasteiger partial charge in [-0.3, -0.25) is 4.79 Å². The number of benzene rings is 1. The van der Waals surface area contributed by atoms with Crippen molar-refractivity contribution in [1.82, 2.24) is 14.9 Å². The summed E-state index contributed by atoms with van der Waals surface area (Å²) >= 11 is 0. The number of ether oxygens (including phenoxy) is 2. The van der Waals surface area contributed by atoms with Crippen LogP contribution in [0.5, 0.6) is 11.5 Å². The van der Waals surface area contributed by atoms with Gasteiger partial charge in [0.15, 0.2) is 0 Å². The number of amides is 1. The van der Waals surface area contributed by atoms with E-state index in [1.165, 1.54) is 0 Å². The van der Waals surface area contributed by atoms with Crippen LogP contribution in [-0.2, 0) is 24.2 Å². The molecule has 3 heterocycles. The van der Waals surface area contributed by atoms with E-state index in [9.17, 15) is 4.79 Å². The van der Waals surface area contributed by atoms with E-state index in [-0.39, 0.29) is 17.9 Å². The van der Waals surface area contributed by atoms with Gasteiger partial charge in [0, 0.05) is 37.5 Å². The lowest BCUT2D eigenvalue weighted by molar-refractivity contribution is -0.127. The van der Waals surface area contributed by atoms with Gasteiger partial charge in [0.2, 0.25) is 5.91 Å². The molecule has 1 amide bonds. The predicted octanol–water partition coefficient (Wildman–Crippen LogP) is 1.57. The molecule has 0 spiro atoms. The second-order valence-corrected chi connectivity index (χ2v) is 6.43. The molecule has 24 heavy (non-hydrogen) atoms. The zero-order chi connectivity index (χ0) is 16.5. The number of aromatic nitrogens is 2. The van der Waals surface area contributed by atoms with Gasteiger partial charge in [-0.05, 0) is 24.5 Å². The van der Waals surface area contributed by atoms with E-state index < -0.39 is 0 Å². The number of rotatable bonds is 3. The summed E-state index contributed by atoms with van der Waals surface area (Å²) in [6.45, 7) is 1.21. The molecule has 6 heteroatoms.